The van der Waals surface area contributed by atoms with Gasteiger partial charge < -0.3 is 10.0 Å². The molecule has 0 bridgehead atoms. The summed E-state index contributed by atoms with van der Waals surface area (Å²) in [5.41, 5.74) is -1.13. The summed E-state index contributed by atoms with van der Waals surface area (Å²) >= 11 is 0. The Morgan fingerprint density at radius 1 is 1.22 bits per heavy atom. The lowest BCUT2D eigenvalue weighted by Gasteiger charge is -2.09. The van der Waals surface area contributed by atoms with Crippen LogP contribution in [0.25, 0.3) is 0 Å². The van der Waals surface area contributed by atoms with E-state index < -0.39 is 11.2 Å². The van der Waals surface area contributed by atoms with E-state index in [1.165, 1.54) is 10.8 Å². The number of aromatic hydroxyl groups is 1. The Bertz CT molecular complexity index is 617. The van der Waals surface area contributed by atoms with Crippen LogP contribution in [0.15, 0.2) is 14.6 Å². The highest BCUT2D eigenvalue weighted by Gasteiger charge is 2.12. The minimum absolute atomic E-state index is 0.0462. The third kappa shape index (κ3) is 6.40. The summed E-state index contributed by atoms with van der Waals surface area (Å²) in [4.78, 5) is 32.1. The summed E-state index contributed by atoms with van der Waals surface area (Å²) in [7, 11) is 3.96. The van der Waals surface area contributed by atoms with Gasteiger partial charge in [-0.2, -0.15) is 0 Å². The zero-order valence-corrected chi connectivity index (χ0v) is 14.3. The van der Waals surface area contributed by atoms with E-state index in [0.29, 0.717) is 13.1 Å². The van der Waals surface area contributed by atoms with Gasteiger partial charge in [0.05, 0.1) is 0 Å². The van der Waals surface area contributed by atoms with E-state index in [2.05, 4.69) is 21.8 Å². The second-order valence-electron chi connectivity index (χ2n) is 5.90. The fourth-order valence-electron chi connectivity index (χ4n) is 2.23. The first-order chi connectivity index (χ1) is 11.0. The molecule has 0 amide bonds. The van der Waals surface area contributed by atoms with E-state index in [9.17, 15) is 14.7 Å². The van der Waals surface area contributed by atoms with Crippen molar-refractivity contribution in [3.05, 3.63) is 26.4 Å². The van der Waals surface area contributed by atoms with Gasteiger partial charge in [0, 0.05) is 19.3 Å². The lowest BCUT2D eigenvalue weighted by Crippen LogP contribution is -2.32. The van der Waals surface area contributed by atoms with E-state index in [-0.39, 0.29) is 11.4 Å². The first-order valence-corrected chi connectivity index (χ1v) is 8.18. The standard InChI is InChI=1S/C16H28N4O3/c1-4-5-6-7-11-20-15(22)13(14(21)18-16(20)23)12-17-9-8-10-19(2)3/h12,22H,4-11H2,1-3H3,(H,18,21,23). The summed E-state index contributed by atoms with van der Waals surface area (Å²) in [6.45, 7) is 3.96. The minimum Gasteiger partial charge on any atom is -0.494 e. The molecule has 0 aliphatic heterocycles. The molecule has 0 radical (unpaired) electrons. The van der Waals surface area contributed by atoms with Crippen molar-refractivity contribution in [1.82, 2.24) is 14.5 Å². The SMILES string of the molecule is CCCCCCn1c(O)c(C=NCCCN(C)C)c(=O)[nH]c1=O. The third-order valence-electron chi connectivity index (χ3n) is 3.56. The fourth-order valence-corrected chi connectivity index (χ4v) is 2.23. The summed E-state index contributed by atoms with van der Waals surface area (Å²) in [5, 5.41) is 10.2. The van der Waals surface area contributed by atoms with E-state index in [0.717, 1.165) is 38.6 Å². The highest BCUT2D eigenvalue weighted by atomic mass is 16.3. The van der Waals surface area contributed by atoms with Crippen LogP contribution in [0.2, 0.25) is 0 Å². The van der Waals surface area contributed by atoms with Gasteiger partial charge in [0.1, 0.15) is 5.56 Å². The van der Waals surface area contributed by atoms with Crippen molar-refractivity contribution in [2.75, 3.05) is 27.2 Å². The number of hydrogen-bond donors (Lipinski definition) is 2. The summed E-state index contributed by atoms with van der Waals surface area (Å²) in [6, 6.07) is 0. The van der Waals surface area contributed by atoms with Gasteiger partial charge in [0.25, 0.3) is 5.56 Å². The Balaban J connectivity index is 2.81. The molecule has 1 aromatic heterocycles. The van der Waals surface area contributed by atoms with Gasteiger partial charge in [-0.15, -0.1) is 0 Å². The molecule has 0 fully saturated rings. The Kier molecular flexibility index (Phi) is 8.32. The van der Waals surface area contributed by atoms with Crippen LogP contribution < -0.4 is 11.2 Å². The molecule has 1 rings (SSSR count). The first kappa shape index (κ1) is 19.2. The topological polar surface area (TPSA) is 90.7 Å². The average molecular weight is 324 g/mol. The van der Waals surface area contributed by atoms with Crippen LogP contribution in [-0.2, 0) is 6.54 Å². The van der Waals surface area contributed by atoms with Crippen LogP contribution in [0.1, 0.15) is 44.6 Å². The van der Waals surface area contributed by atoms with Gasteiger partial charge in [-0.25, -0.2) is 4.79 Å². The number of unbranched alkanes of at least 4 members (excludes halogenated alkanes) is 3. The van der Waals surface area contributed by atoms with Crippen molar-refractivity contribution in [2.24, 2.45) is 4.99 Å². The Morgan fingerprint density at radius 3 is 2.61 bits per heavy atom. The second kappa shape index (κ2) is 9.99. The van der Waals surface area contributed by atoms with Crippen LogP contribution in [0, 0.1) is 0 Å². The number of nitrogens with one attached hydrogen (secondary N) is 1. The summed E-state index contributed by atoms with van der Waals surface area (Å²) in [6.07, 6.45) is 6.16. The average Bonchev–Trinajstić information content (AvgIpc) is 2.48. The first-order valence-electron chi connectivity index (χ1n) is 8.18. The van der Waals surface area contributed by atoms with Crippen LogP contribution in [-0.4, -0.2) is 53.0 Å². The predicted molar refractivity (Wildman–Crippen MR) is 92.8 cm³/mol. The number of rotatable bonds is 10. The van der Waals surface area contributed by atoms with Gasteiger partial charge in [-0.05, 0) is 33.5 Å². The molecule has 0 saturated heterocycles. The van der Waals surface area contributed by atoms with E-state index in [1.807, 2.05) is 14.1 Å². The second-order valence-corrected chi connectivity index (χ2v) is 5.90. The normalized spacial score (nSPS) is 11.7. The van der Waals surface area contributed by atoms with Crippen LogP contribution in [0.5, 0.6) is 5.88 Å². The molecule has 1 aromatic rings. The molecule has 7 heteroatoms. The largest absolute Gasteiger partial charge is 0.494 e. The van der Waals surface area contributed by atoms with E-state index in [1.54, 1.807) is 0 Å². The van der Waals surface area contributed by atoms with Crippen molar-refractivity contribution in [1.29, 1.82) is 0 Å². The summed E-state index contributed by atoms with van der Waals surface area (Å²) < 4.78 is 1.21. The minimum atomic E-state index is -0.603. The van der Waals surface area contributed by atoms with Gasteiger partial charge in [0.2, 0.25) is 5.88 Å². The maximum Gasteiger partial charge on any atom is 0.331 e. The molecule has 2 N–H and O–H groups in total. The Morgan fingerprint density at radius 2 is 1.96 bits per heavy atom. The van der Waals surface area contributed by atoms with Gasteiger partial charge in [-0.3, -0.25) is 19.3 Å². The zero-order chi connectivity index (χ0) is 17.2. The van der Waals surface area contributed by atoms with Crippen molar-refractivity contribution in [3.63, 3.8) is 0 Å². The van der Waals surface area contributed by atoms with Crippen LogP contribution >= 0.6 is 0 Å². The smallest absolute Gasteiger partial charge is 0.331 e. The molecule has 0 aromatic carbocycles. The molecule has 23 heavy (non-hydrogen) atoms. The fraction of sp³-hybridized carbons (Fsp3) is 0.688. The number of aromatic amines is 1. The lowest BCUT2D eigenvalue weighted by atomic mass is 10.2. The number of nitrogens with zero attached hydrogens (tertiary/aromatic N) is 3. The summed E-state index contributed by atoms with van der Waals surface area (Å²) in [5.74, 6) is -0.299. The maximum absolute atomic E-state index is 11.8. The number of hydrogen-bond acceptors (Lipinski definition) is 5. The number of H-pyrrole nitrogens is 1. The molecule has 0 saturated carbocycles. The molecule has 0 atom stereocenters. The molecular formula is C16H28N4O3. The molecule has 130 valence electrons. The Labute approximate surface area is 136 Å². The zero-order valence-electron chi connectivity index (χ0n) is 14.3. The molecule has 1 heterocycles. The molecule has 0 spiro atoms. The molecule has 0 aliphatic carbocycles. The van der Waals surface area contributed by atoms with Crippen molar-refractivity contribution in [3.8, 4) is 5.88 Å². The van der Waals surface area contributed by atoms with Crippen molar-refractivity contribution in [2.45, 2.75) is 45.6 Å². The van der Waals surface area contributed by atoms with Gasteiger partial charge in [0.15, 0.2) is 0 Å². The van der Waals surface area contributed by atoms with Crippen molar-refractivity contribution < 1.29 is 5.11 Å². The van der Waals surface area contributed by atoms with Gasteiger partial charge in [-0.1, -0.05) is 26.2 Å². The van der Waals surface area contributed by atoms with Crippen molar-refractivity contribution >= 4 is 6.21 Å². The lowest BCUT2D eigenvalue weighted by molar-refractivity contribution is 0.392. The van der Waals surface area contributed by atoms with Crippen LogP contribution in [0.4, 0.5) is 0 Å². The molecular weight excluding hydrogens is 296 g/mol. The number of aliphatic imine (C=N–C) groups is 1. The Hall–Kier alpha value is -1.89. The molecule has 0 unspecified atom stereocenters. The maximum atomic E-state index is 11.8. The molecule has 7 nitrogen and oxygen atoms in total. The molecule has 0 aliphatic rings. The number of aromatic nitrogens is 2. The predicted octanol–water partition coefficient (Wildman–Crippen LogP) is 1.19. The van der Waals surface area contributed by atoms with E-state index >= 15 is 0 Å². The third-order valence-corrected chi connectivity index (χ3v) is 3.56. The quantitative estimate of drug-likeness (QED) is 0.500. The highest BCUT2D eigenvalue weighted by molar-refractivity contribution is 5.81. The highest BCUT2D eigenvalue weighted by Crippen LogP contribution is 2.10. The monoisotopic (exact) mass is 324 g/mol. The van der Waals surface area contributed by atoms with Gasteiger partial charge >= 0.3 is 5.69 Å². The van der Waals surface area contributed by atoms with Crippen LogP contribution in [0.3, 0.4) is 0 Å². The van der Waals surface area contributed by atoms with E-state index in [4.69, 9.17) is 0 Å².